The highest BCUT2D eigenvalue weighted by molar-refractivity contribution is 5.94. The van der Waals surface area contributed by atoms with E-state index in [-0.39, 0.29) is 17.9 Å². The molecule has 7 nitrogen and oxygen atoms in total. The highest BCUT2D eigenvalue weighted by Gasteiger charge is 2.35. The van der Waals surface area contributed by atoms with Gasteiger partial charge in [-0.3, -0.25) is 14.5 Å². The number of pyridine rings is 1. The minimum Gasteiger partial charge on any atom is -0.439 e. The molecular formula is C24H30N4O3. The van der Waals surface area contributed by atoms with Gasteiger partial charge in [-0.2, -0.15) is 0 Å². The quantitative estimate of drug-likeness (QED) is 0.796. The van der Waals surface area contributed by atoms with Crippen molar-refractivity contribution in [1.29, 1.82) is 0 Å². The molecule has 1 atom stereocenters. The van der Waals surface area contributed by atoms with Crippen molar-refractivity contribution in [3.8, 4) is 11.6 Å². The van der Waals surface area contributed by atoms with Crippen molar-refractivity contribution in [2.24, 2.45) is 0 Å². The Hall–Kier alpha value is -2.93. The van der Waals surface area contributed by atoms with E-state index >= 15 is 0 Å². The van der Waals surface area contributed by atoms with Crippen LogP contribution in [0.4, 0.5) is 5.69 Å². The fourth-order valence-electron chi connectivity index (χ4n) is 4.53. The normalized spacial score (nSPS) is 20.3. The molecule has 2 amide bonds. The number of rotatable bonds is 5. The Morgan fingerprint density at radius 3 is 2.45 bits per heavy atom. The number of nitrogens with one attached hydrogen (secondary N) is 1. The largest absolute Gasteiger partial charge is 0.439 e. The minimum absolute atomic E-state index is 0.0206. The predicted octanol–water partition coefficient (Wildman–Crippen LogP) is 3.68. The molecule has 7 heteroatoms. The number of hydrogen-bond acceptors (Lipinski definition) is 5. The van der Waals surface area contributed by atoms with Gasteiger partial charge in [-0.1, -0.05) is 24.6 Å². The van der Waals surface area contributed by atoms with E-state index in [0.717, 1.165) is 57.5 Å². The van der Waals surface area contributed by atoms with Crippen LogP contribution in [-0.2, 0) is 9.59 Å². The number of carbonyl (C=O) groups is 2. The summed E-state index contributed by atoms with van der Waals surface area (Å²) >= 11 is 0. The number of piperidine rings is 2. The molecule has 1 aromatic heterocycles. The van der Waals surface area contributed by atoms with E-state index in [1.54, 1.807) is 19.2 Å². The van der Waals surface area contributed by atoms with Gasteiger partial charge in [-0.15, -0.1) is 0 Å². The molecule has 3 heterocycles. The average Bonchev–Trinajstić information content (AvgIpc) is 2.81. The van der Waals surface area contributed by atoms with Crippen molar-refractivity contribution in [3.05, 3.63) is 48.7 Å². The predicted molar refractivity (Wildman–Crippen MR) is 119 cm³/mol. The monoisotopic (exact) mass is 422 g/mol. The maximum Gasteiger partial charge on any atom is 0.241 e. The highest BCUT2D eigenvalue weighted by atomic mass is 16.5. The zero-order valence-electron chi connectivity index (χ0n) is 18.0. The van der Waals surface area contributed by atoms with E-state index in [9.17, 15) is 9.59 Å². The molecule has 0 bridgehead atoms. The van der Waals surface area contributed by atoms with Crippen LogP contribution in [0, 0.1) is 0 Å². The molecule has 2 aliphatic heterocycles. The molecule has 31 heavy (non-hydrogen) atoms. The van der Waals surface area contributed by atoms with Gasteiger partial charge in [-0.05, 0) is 50.4 Å². The average molecular weight is 423 g/mol. The number of hydrogen-bond donors (Lipinski definition) is 1. The van der Waals surface area contributed by atoms with Crippen LogP contribution in [-0.4, -0.2) is 58.3 Å². The standard InChI is InChI=1S/C24H30N4O3/c1-18(29)27-15-12-20(13-16-27)28-14-6-5-9-22(28)24(30)26-19-10-11-23(25-17-19)31-21-7-3-2-4-8-21/h2-4,7-8,10-11,17,20,22H,5-6,9,12-16H2,1H3,(H,26,30). The van der Waals surface area contributed by atoms with Gasteiger partial charge in [0.25, 0.3) is 0 Å². The molecule has 2 fully saturated rings. The topological polar surface area (TPSA) is 74.8 Å². The van der Waals surface area contributed by atoms with E-state index in [1.807, 2.05) is 41.3 Å². The fourth-order valence-corrected chi connectivity index (χ4v) is 4.53. The highest BCUT2D eigenvalue weighted by Crippen LogP contribution is 2.27. The second-order valence-corrected chi connectivity index (χ2v) is 8.28. The van der Waals surface area contributed by atoms with Crippen LogP contribution < -0.4 is 10.1 Å². The second-order valence-electron chi connectivity index (χ2n) is 8.28. The summed E-state index contributed by atoms with van der Waals surface area (Å²) in [5, 5.41) is 3.04. The summed E-state index contributed by atoms with van der Waals surface area (Å²) in [5.41, 5.74) is 0.669. The molecule has 2 saturated heterocycles. The summed E-state index contributed by atoms with van der Waals surface area (Å²) in [6.45, 7) is 4.11. The van der Waals surface area contributed by atoms with Crippen molar-refractivity contribution >= 4 is 17.5 Å². The van der Waals surface area contributed by atoms with Gasteiger partial charge < -0.3 is 15.0 Å². The Balaban J connectivity index is 1.35. The van der Waals surface area contributed by atoms with E-state index in [4.69, 9.17) is 4.74 Å². The lowest BCUT2D eigenvalue weighted by Gasteiger charge is -2.43. The van der Waals surface area contributed by atoms with Crippen LogP contribution in [0.15, 0.2) is 48.7 Å². The van der Waals surface area contributed by atoms with Gasteiger partial charge in [0.15, 0.2) is 0 Å². The van der Waals surface area contributed by atoms with E-state index in [0.29, 0.717) is 17.6 Å². The van der Waals surface area contributed by atoms with Crippen molar-refractivity contribution in [1.82, 2.24) is 14.8 Å². The van der Waals surface area contributed by atoms with Crippen LogP contribution in [0.2, 0.25) is 0 Å². The van der Waals surface area contributed by atoms with Gasteiger partial charge in [-0.25, -0.2) is 4.98 Å². The lowest BCUT2D eigenvalue weighted by Crippen LogP contribution is -2.55. The van der Waals surface area contributed by atoms with Crippen LogP contribution >= 0.6 is 0 Å². The molecule has 0 spiro atoms. The van der Waals surface area contributed by atoms with Crippen LogP contribution in [0.1, 0.15) is 39.0 Å². The Morgan fingerprint density at radius 2 is 1.77 bits per heavy atom. The van der Waals surface area contributed by atoms with Gasteiger partial charge in [0.1, 0.15) is 5.75 Å². The molecule has 2 aromatic rings. The zero-order chi connectivity index (χ0) is 21.6. The SMILES string of the molecule is CC(=O)N1CCC(N2CCCCC2C(=O)Nc2ccc(Oc3ccccc3)nc2)CC1. The number of benzene rings is 1. The Bertz CT molecular complexity index is 879. The Morgan fingerprint density at radius 1 is 1.00 bits per heavy atom. The number of anilines is 1. The van der Waals surface area contributed by atoms with Crippen LogP contribution in [0.25, 0.3) is 0 Å². The van der Waals surface area contributed by atoms with Gasteiger partial charge >= 0.3 is 0 Å². The number of carbonyl (C=O) groups excluding carboxylic acids is 2. The molecule has 0 aliphatic carbocycles. The smallest absolute Gasteiger partial charge is 0.241 e. The van der Waals surface area contributed by atoms with Crippen LogP contribution in [0.5, 0.6) is 11.6 Å². The van der Waals surface area contributed by atoms with E-state index in [2.05, 4.69) is 15.2 Å². The molecular weight excluding hydrogens is 392 g/mol. The van der Waals surface area contributed by atoms with Gasteiger partial charge in [0.05, 0.1) is 17.9 Å². The fraction of sp³-hybridized carbons (Fsp3) is 0.458. The van der Waals surface area contributed by atoms with Crippen molar-refractivity contribution in [2.75, 3.05) is 25.0 Å². The summed E-state index contributed by atoms with van der Waals surface area (Å²) < 4.78 is 5.72. The number of amides is 2. The molecule has 1 aromatic carbocycles. The number of nitrogens with zero attached hydrogens (tertiary/aromatic N) is 3. The lowest BCUT2D eigenvalue weighted by molar-refractivity contribution is -0.132. The number of likely N-dealkylation sites (tertiary alicyclic amines) is 2. The van der Waals surface area contributed by atoms with Crippen molar-refractivity contribution < 1.29 is 14.3 Å². The number of para-hydroxylation sites is 1. The molecule has 2 aliphatic rings. The first kappa shape index (κ1) is 21.3. The summed E-state index contributed by atoms with van der Waals surface area (Å²) in [5.74, 6) is 1.37. The van der Waals surface area contributed by atoms with Gasteiger partial charge in [0, 0.05) is 32.1 Å². The van der Waals surface area contributed by atoms with E-state index < -0.39 is 0 Å². The second kappa shape index (κ2) is 9.92. The third kappa shape index (κ3) is 5.41. The minimum atomic E-state index is -0.136. The van der Waals surface area contributed by atoms with Gasteiger partial charge in [0.2, 0.25) is 17.7 Å². The molecule has 164 valence electrons. The maximum atomic E-state index is 13.1. The first-order valence-corrected chi connectivity index (χ1v) is 11.1. The summed E-state index contributed by atoms with van der Waals surface area (Å²) in [6, 6.07) is 13.3. The first-order chi connectivity index (χ1) is 15.1. The van der Waals surface area contributed by atoms with Crippen molar-refractivity contribution in [3.63, 3.8) is 0 Å². The molecule has 0 saturated carbocycles. The first-order valence-electron chi connectivity index (χ1n) is 11.1. The number of aromatic nitrogens is 1. The molecule has 4 rings (SSSR count). The van der Waals surface area contributed by atoms with Crippen LogP contribution in [0.3, 0.4) is 0 Å². The maximum absolute atomic E-state index is 13.1. The summed E-state index contributed by atoms with van der Waals surface area (Å²) in [4.78, 5) is 33.3. The lowest BCUT2D eigenvalue weighted by atomic mass is 9.94. The molecule has 1 unspecified atom stereocenters. The Labute approximate surface area is 183 Å². The van der Waals surface area contributed by atoms with Crippen molar-refractivity contribution in [2.45, 2.75) is 51.1 Å². The number of ether oxygens (including phenoxy) is 1. The van der Waals surface area contributed by atoms with E-state index in [1.165, 1.54) is 0 Å². The molecule has 0 radical (unpaired) electrons. The third-order valence-electron chi connectivity index (χ3n) is 6.20. The summed E-state index contributed by atoms with van der Waals surface area (Å²) in [7, 11) is 0. The zero-order valence-corrected chi connectivity index (χ0v) is 18.0. The summed E-state index contributed by atoms with van der Waals surface area (Å²) in [6.07, 6.45) is 6.52. The molecule has 1 N–H and O–H groups in total. The third-order valence-corrected chi connectivity index (χ3v) is 6.20. The Kier molecular flexibility index (Phi) is 6.82.